The number of piperidine rings is 1. The summed E-state index contributed by atoms with van der Waals surface area (Å²) in [5, 5.41) is 6.42. The summed E-state index contributed by atoms with van der Waals surface area (Å²) < 4.78 is 12.3. The number of aromatic nitrogens is 3. The molecule has 0 bridgehead atoms. The van der Waals surface area contributed by atoms with Crippen molar-refractivity contribution in [3.8, 4) is 17.0 Å². The summed E-state index contributed by atoms with van der Waals surface area (Å²) in [5.74, 6) is 1.29. The molecule has 5 rings (SSSR count). The van der Waals surface area contributed by atoms with E-state index in [-0.39, 0.29) is 18.9 Å². The SMILES string of the molecule is COc1ccc(-c2cnc3c(Nc4ccc(C(=O)NCCC5CC[N+](C)(CC(=O)OC=O)CC5)c(C)c4)nccn23)cc1. The van der Waals surface area contributed by atoms with E-state index in [9.17, 15) is 14.4 Å². The van der Waals surface area contributed by atoms with Crippen molar-refractivity contribution in [2.24, 2.45) is 5.92 Å². The summed E-state index contributed by atoms with van der Waals surface area (Å²) in [4.78, 5) is 44.2. The molecule has 2 N–H and O–H groups in total. The summed E-state index contributed by atoms with van der Waals surface area (Å²) in [6, 6.07) is 13.4. The number of quaternary nitrogens is 1. The first-order valence-corrected chi connectivity index (χ1v) is 14.4. The van der Waals surface area contributed by atoms with Crippen LogP contribution in [0.1, 0.15) is 35.2 Å². The van der Waals surface area contributed by atoms with Crippen molar-refractivity contribution >= 4 is 35.5 Å². The van der Waals surface area contributed by atoms with Crippen molar-refractivity contribution in [3.05, 3.63) is 72.2 Å². The van der Waals surface area contributed by atoms with Crippen LogP contribution in [0.4, 0.5) is 11.5 Å². The van der Waals surface area contributed by atoms with Gasteiger partial charge in [-0.05, 0) is 80.1 Å². The van der Waals surface area contributed by atoms with Crippen molar-refractivity contribution in [1.29, 1.82) is 0 Å². The Morgan fingerprint density at radius 2 is 1.88 bits per heavy atom. The topological polar surface area (TPSA) is 124 Å². The van der Waals surface area contributed by atoms with Gasteiger partial charge in [-0.3, -0.25) is 14.0 Å². The molecule has 11 nitrogen and oxygen atoms in total. The van der Waals surface area contributed by atoms with Crippen molar-refractivity contribution in [3.63, 3.8) is 0 Å². The maximum Gasteiger partial charge on any atom is 0.369 e. The zero-order valence-corrected chi connectivity index (χ0v) is 24.7. The largest absolute Gasteiger partial charge is 0.497 e. The number of likely N-dealkylation sites (N-methyl/N-ethyl adjacent to an activating group) is 1. The second-order valence-corrected chi connectivity index (χ2v) is 11.3. The number of fused-ring (bicyclic) bond motifs is 1. The van der Waals surface area contributed by atoms with E-state index in [1.165, 1.54) is 0 Å². The fourth-order valence-electron chi connectivity index (χ4n) is 5.69. The Morgan fingerprint density at radius 1 is 1.12 bits per heavy atom. The molecule has 11 heteroatoms. The molecule has 2 aromatic heterocycles. The molecule has 0 atom stereocenters. The summed E-state index contributed by atoms with van der Waals surface area (Å²) >= 11 is 0. The van der Waals surface area contributed by atoms with Crippen LogP contribution in [0.3, 0.4) is 0 Å². The number of carbonyl (C=O) groups excluding carboxylic acids is 3. The highest BCUT2D eigenvalue weighted by atomic mass is 16.6. The van der Waals surface area contributed by atoms with Crippen LogP contribution in [0.25, 0.3) is 16.9 Å². The van der Waals surface area contributed by atoms with Gasteiger partial charge in [0.05, 0.1) is 39.1 Å². The highest BCUT2D eigenvalue weighted by Crippen LogP contribution is 2.28. The van der Waals surface area contributed by atoms with E-state index in [0.29, 0.717) is 34.0 Å². The quantitative estimate of drug-likeness (QED) is 0.117. The summed E-state index contributed by atoms with van der Waals surface area (Å²) in [7, 11) is 3.65. The predicted molar refractivity (Wildman–Crippen MR) is 162 cm³/mol. The van der Waals surface area contributed by atoms with Crippen LogP contribution in [0.15, 0.2) is 61.1 Å². The molecule has 0 aliphatic carbocycles. The lowest BCUT2D eigenvalue weighted by atomic mass is 9.92. The van der Waals surface area contributed by atoms with Gasteiger partial charge < -0.3 is 24.6 Å². The minimum absolute atomic E-state index is 0.102. The highest BCUT2D eigenvalue weighted by molar-refractivity contribution is 5.96. The second-order valence-electron chi connectivity index (χ2n) is 11.3. The molecule has 1 saturated heterocycles. The lowest BCUT2D eigenvalue weighted by Gasteiger charge is -2.39. The number of nitrogens with zero attached hydrogens (tertiary/aromatic N) is 4. The fraction of sp³-hybridized carbons (Fsp3) is 0.344. The van der Waals surface area contributed by atoms with E-state index >= 15 is 0 Å². The first-order valence-electron chi connectivity index (χ1n) is 14.4. The molecule has 0 spiro atoms. The molecule has 1 amide bonds. The van der Waals surface area contributed by atoms with E-state index < -0.39 is 5.97 Å². The fourth-order valence-corrected chi connectivity index (χ4v) is 5.69. The Hall–Kier alpha value is -4.77. The lowest BCUT2D eigenvalue weighted by Crippen LogP contribution is -2.52. The number of carbonyl (C=O) groups is 3. The minimum atomic E-state index is -0.492. The van der Waals surface area contributed by atoms with Gasteiger partial charge in [-0.15, -0.1) is 0 Å². The van der Waals surface area contributed by atoms with E-state index in [1.807, 2.05) is 73.2 Å². The minimum Gasteiger partial charge on any atom is -0.497 e. The van der Waals surface area contributed by atoms with Gasteiger partial charge in [-0.1, -0.05) is 0 Å². The Morgan fingerprint density at radius 3 is 2.58 bits per heavy atom. The zero-order valence-electron chi connectivity index (χ0n) is 24.7. The number of esters is 1. The van der Waals surface area contributed by atoms with Crippen LogP contribution < -0.4 is 15.4 Å². The lowest BCUT2D eigenvalue weighted by molar-refractivity contribution is -0.908. The molecule has 4 aromatic rings. The monoisotopic (exact) mass is 585 g/mol. The van der Waals surface area contributed by atoms with Crippen LogP contribution in [0, 0.1) is 12.8 Å². The van der Waals surface area contributed by atoms with Crippen molar-refractivity contribution in [2.45, 2.75) is 26.2 Å². The van der Waals surface area contributed by atoms with Gasteiger partial charge in [-0.2, -0.15) is 0 Å². The summed E-state index contributed by atoms with van der Waals surface area (Å²) in [5.41, 5.74) is 4.92. The summed E-state index contributed by atoms with van der Waals surface area (Å²) in [6.07, 6.45) is 8.22. The Kier molecular flexibility index (Phi) is 9.01. The zero-order chi connectivity index (χ0) is 30.4. The predicted octanol–water partition coefficient (Wildman–Crippen LogP) is 4.13. The molecular formula is C32H37N6O5+. The molecule has 43 heavy (non-hydrogen) atoms. The first-order chi connectivity index (χ1) is 20.8. The number of nitrogens with one attached hydrogen (secondary N) is 2. The normalized spacial score (nSPS) is 18.2. The summed E-state index contributed by atoms with van der Waals surface area (Å²) in [6.45, 7) is 4.57. The highest BCUT2D eigenvalue weighted by Gasteiger charge is 2.32. The number of anilines is 2. The molecule has 0 saturated carbocycles. The second kappa shape index (κ2) is 13.0. The van der Waals surface area contributed by atoms with E-state index in [2.05, 4.69) is 25.3 Å². The van der Waals surface area contributed by atoms with E-state index in [0.717, 1.165) is 60.6 Å². The number of imidazole rings is 1. The number of amides is 1. The number of aryl methyl sites for hydroxylation is 1. The van der Waals surface area contributed by atoms with Crippen LogP contribution in [-0.2, 0) is 14.3 Å². The molecule has 1 fully saturated rings. The number of ether oxygens (including phenoxy) is 2. The smallest absolute Gasteiger partial charge is 0.369 e. The number of hydrogen-bond acceptors (Lipinski definition) is 8. The molecule has 224 valence electrons. The van der Waals surface area contributed by atoms with Gasteiger partial charge >= 0.3 is 12.4 Å². The first kappa shape index (κ1) is 29.7. The molecular weight excluding hydrogens is 548 g/mol. The van der Waals surface area contributed by atoms with E-state index in [1.54, 1.807) is 13.3 Å². The average Bonchev–Trinajstić information content (AvgIpc) is 3.43. The third-order valence-electron chi connectivity index (χ3n) is 8.23. The van der Waals surface area contributed by atoms with Crippen LogP contribution in [0.2, 0.25) is 0 Å². The van der Waals surface area contributed by atoms with E-state index in [4.69, 9.17) is 4.74 Å². The van der Waals surface area contributed by atoms with Gasteiger partial charge in [0, 0.05) is 35.8 Å². The number of rotatable bonds is 11. The molecule has 1 aliphatic heterocycles. The standard InChI is InChI=1S/C32H36N6O5/c1-22-18-25(36-30-31-35-19-28(37(31)15-14-33-30)24-4-7-26(42-3)8-5-24)6-9-27(22)32(41)34-13-10-23-11-16-38(2,17-12-23)20-29(40)43-21-39/h4-9,14-15,18-19,21,23H,10-13,16-17,20H2,1-3H3,(H-,33,34,36,41)/p+1. The number of benzene rings is 2. The van der Waals surface area contributed by atoms with Gasteiger partial charge in [0.1, 0.15) is 5.75 Å². The van der Waals surface area contributed by atoms with Crippen LogP contribution >= 0.6 is 0 Å². The van der Waals surface area contributed by atoms with Gasteiger partial charge in [0.25, 0.3) is 5.91 Å². The molecule has 2 aromatic carbocycles. The molecule has 3 heterocycles. The van der Waals surface area contributed by atoms with Gasteiger partial charge in [-0.25, -0.2) is 14.8 Å². The van der Waals surface area contributed by atoms with Crippen LogP contribution in [-0.4, -0.2) is 77.5 Å². The third-order valence-corrected chi connectivity index (χ3v) is 8.23. The molecule has 0 unspecified atom stereocenters. The average molecular weight is 586 g/mol. The van der Waals surface area contributed by atoms with Gasteiger partial charge in [0.15, 0.2) is 18.0 Å². The Bertz CT molecular complexity index is 1610. The molecule has 1 aliphatic rings. The Balaban J connectivity index is 1.16. The van der Waals surface area contributed by atoms with Gasteiger partial charge in [0.2, 0.25) is 0 Å². The Labute approximate surface area is 250 Å². The maximum absolute atomic E-state index is 13.0. The number of methoxy groups -OCH3 is 1. The van der Waals surface area contributed by atoms with Crippen LogP contribution in [0.5, 0.6) is 5.75 Å². The van der Waals surface area contributed by atoms with Crippen molar-refractivity contribution < 1.29 is 28.3 Å². The number of likely N-dealkylation sites (tertiary alicyclic amines) is 1. The molecule has 0 radical (unpaired) electrons. The van der Waals surface area contributed by atoms with Crippen molar-refractivity contribution in [2.75, 3.05) is 45.7 Å². The third kappa shape index (κ3) is 7.00. The maximum atomic E-state index is 13.0. The number of hydrogen-bond donors (Lipinski definition) is 2. The van der Waals surface area contributed by atoms with Crippen molar-refractivity contribution in [1.82, 2.24) is 19.7 Å².